The number of nitrogens with one attached hydrogen (secondary N) is 1. The van der Waals surface area contributed by atoms with E-state index in [1.165, 1.54) is 18.3 Å². The van der Waals surface area contributed by atoms with E-state index in [0.717, 1.165) is 18.4 Å². The van der Waals surface area contributed by atoms with Gasteiger partial charge >= 0.3 is 0 Å². The third-order valence-electron chi connectivity index (χ3n) is 4.68. The number of halogens is 1. The molecule has 25 heavy (non-hydrogen) atoms. The molecule has 4 rings (SSSR count). The average Bonchev–Trinajstić information content (AvgIpc) is 3.31. The SMILES string of the molecule is O=C(c1cn[nH]c1-c1cccc(F)c1)N1CCC[C@@H]1c1ccccc1. The van der Waals surface area contributed by atoms with E-state index in [0.29, 0.717) is 23.4 Å². The van der Waals surface area contributed by atoms with Gasteiger partial charge in [0.25, 0.3) is 5.91 Å². The smallest absolute Gasteiger partial charge is 0.258 e. The maximum Gasteiger partial charge on any atom is 0.258 e. The molecule has 0 bridgehead atoms. The van der Waals surface area contributed by atoms with Crippen LogP contribution in [0, 0.1) is 5.82 Å². The van der Waals surface area contributed by atoms with Gasteiger partial charge in [-0.2, -0.15) is 5.10 Å². The molecule has 1 atom stereocenters. The Morgan fingerprint density at radius 2 is 2.00 bits per heavy atom. The molecule has 3 aromatic rings. The van der Waals surface area contributed by atoms with Crippen molar-refractivity contribution < 1.29 is 9.18 Å². The molecule has 1 aliphatic heterocycles. The minimum Gasteiger partial charge on any atom is -0.331 e. The number of hydrogen-bond acceptors (Lipinski definition) is 2. The van der Waals surface area contributed by atoms with Gasteiger partial charge in [-0.15, -0.1) is 0 Å². The molecule has 126 valence electrons. The Morgan fingerprint density at radius 1 is 1.16 bits per heavy atom. The maximum absolute atomic E-state index is 13.5. The number of rotatable bonds is 3. The van der Waals surface area contributed by atoms with Crippen LogP contribution in [-0.4, -0.2) is 27.5 Å². The zero-order valence-corrected chi connectivity index (χ0v) is 13.7. The van der Waals surface area contributed by atoms with Crippen molar-refractivity contribution in [3.05, 3.63) is 77.7 Å². The van der Waals surface area contributed by atoms with E-state index >= 15 is 0 Å². The fourth-order valence-electron chi connectivity index (χ4n) is 3.50. The molecule has 1 aromatic heterocycles. The Bertz CT molecular complexity index is 891. The van der Waals surface area contributed by atoms with E-state index in [-0.39, 0.29) is 17.8 Å². The van der Waals surface area contributed by atoms with Crippen LogP contribution in [0.5, 0.6) is 0 Å². The van der Waals surface area contributed by atoms with Crippen LogP contribution in [0.2, 0.25) is 0 Å². The molecule has 0 saturated carbocycles. The van der Waals surface area contributed by atoms with E-state index in [2.05, 4.69) is 22.3 Å². The highest BCUT2D eigenvalue weighted by atomic mass is 19.1. The number of H-pyrrole nitrogens is 1. The van der Waals surface area contributed by atoms with E-state index < -0.39 is 0 Å². The van der Waals surface area contributed by atoms with Crippen LogP contribution in [0.15, 0.2) is 60.8 Å². The van der Waals surface area contributed by atoms with Gasteiger partial charge in [0.05, 0.1) is 23.5 Å². The summed E-state index contributed by atoms with van der Waals surface area (Å²) in [6.45, 7) is 0.714. The van der Waals surface area contributed by atoms with Gasteiger partial charge in [0, 0.05) is 12.1 Å². The molecular weight excluding hydrogens is 317 g/mol. The summed E-state index contributed by atoms with van der Waals surface area (Å²) in [4.78, 5) is 15.0. The van der Waals surface area contributed by atoms with Gasteiger partial charge < -0.3 is 4.90 Å². The van der Waals surface area contributed by atoms with E-state index in [1.807, 2.05) is 23.1 Å². The predicted octanol–water partition coefficient (Wildman–Crippen LogP) is 4.19. The van der Waals surface area contributed by atoms with Crippen LogP contribution in [0.4, 0.5) is 4.39 Å². The fourth-order valence-corrected chi connectivity index (χ4v) is 3.50. The number of amides is 1. The van der Waals surface area contributed by atoms with Crippen LogP contribution in [0.25, 0.3) is 11.3 Å². The van der Waals surface area contributed by atoms with Crippen LogP contribution < -0.4 is 0 Å². The Labute approximate surface area is 145 Å². The van der Waals surface area contributed by atoms with Crippen molar-refractivity contribution in [2.75, 3.05) is 6.54 Å². The minimum atomic E-state index is -0.339. The second-order valence-electron chi connectivity index (χ2n) is 6.24. The van der Waals surface area contributed by atoms with E-state index in [4.69, 9.17) is 0 Å². The molecule has 1 aliphatic rings. The second kappa shape index (κ2) is 6.51. The number of carbonyl (C=O) groups excluding carboxylic acids is 1. The van der Waals surface area contributed by atoms with Gasteiger partial charge in [0.2, 0.25) is 0 Å². The second-order valence-corrected chi connectivity index (χ2v) is 6.24. The Kier molecular flexibility index (Phi) is 4.06. The van der Waals surface area contributed by atoms with Crippen molar-refractivity contribution >= 4 is 5.91 Å². The Morgan fingerprint density at radius 3 is 2.80 bits per heavy atom. The van der Waals surface area contributed by atoms with Crippen LogP contribution in [-0.2, 0) is 0 Å². The zero-order valence-electron chi connectivity index (χ0n) is 13.7. The summed E-state index contributed by atoms with van der Waals surface area (Å²) in [6.07, 6.45) is 3.45. The largest absolute Gasteiger partial charge is 0.331 e. The molecule has 2 heterocycles. The quantitative estimate of drug-likeness (QED) is 0.780. The lowest BCUT2D eigenvalue weighted by molar-refractivity contribution is 0.0736. The standard InChI is InChI=1S/C20H18FN3O/c21-16-9-4-8-15(12-16)19-17(13-22-23-19)20(25)24-11-5-10-18(24)14-6-2-1-3-7-14/h1-4,6-9,12-13,18H,5,10-11H2,(H,22,23)/t18-/m1/s1. The molecule has 0 spiro atoms. The van der Waals surface area contributed by atoms with Crippen molar-refractivity contribution in [1.82, 2.24) is 15.1 Å². The third kappa shape index (κ3) is 2.93. The zero-order chi connectivity index (χ0) is 17.2. The van der Waals surface area contributed by atoms with Gasteiger partial charge in [0.1, 0.15) is 5.82 Å². The van der Waals surface area contributed by atoms with Gasteiger partial charge in [-0.05, 0) is 30.5 Å². The highest BCUT2D eigenvalue weighted by molar-refractivity contribution is 6.00. The van der Waals surface area contributed by atoms with Gasteiger partial charge in [-0.25, -0.2) is 4.39 Å². The summed E-state index contributed by atoms with van der Waals surface area (Å²) < 4.78 is 13.5. The molecule has 0 radical (unpaired) electrons. The van der Waals surface area contributed by atoms with Gasteiger partial charge in [-0.1, -0.05) is 42.5 Å². The molecular formula is C20H18FN3O. The number of nitrogens with zero attached hydrogens (tertiary/aromatic N) is 2. The first-order valence-corrected chi connectivity index (χ1v) is 8.39. The highest BCUT2D eigenvalue weighted by Gasteiger charge is 2.32. The molecule has 0 unspecified atom stereocenters. The molecule has 1 saturated heterocycles. The van der Waals surface area contributed by atoms with Crippen LogP contribution in [0.1, 0.15) is 34.8 Å². The third-order valence-corrected chi connectivity index (χ3v) is 4.68. The normalized spacial score (nSPS) is 17.0. The monoisotopic (exact) mass is 335 g/mol. The topological polar surface area (TPSA) is 49.0 Å². The maximum atomic E-state index is 13.5. The number of hydrogen-bond donors (Lipinski definition) is 1. The Balaban J connectivity index is 1.67. The summed E-state index contributed by atoms with van der Waals surface area (Å²) in [5, 5.41) is 6.87. The molecule has 4 nitrogen and oxygen atoms in total. The molecule has 1 amide bonds. The number of aromatic nitrogens is 2. The van der Waals surface area contributed by atoms with Crippen molar-refractivity contribution in [2.45, 2.75) is 18.9 Å². The number of aromatic amines is 1. The summed E-state index contributed by atoms with van der Waals surface area (Å²) in [5.41, 5.74) is 2.80. The lowest BCUT2D eigenvalue weighted by Crippen LogP contribution is -2.30. The number of likely N-dealkylation sites (tertiary alicyclic amines) is 1. The molecule has 2 aromatic carbocycles. The van der Waals surface area contributed by atoms with E-state index in [1.54, 1.807) is 12.1 Å². The number of benzene rings is 2. The number of carbonyl (C=O) groups is 1. The van der Waals surface area contributed by atoms with Crippen molar-refractivity contribution in [3.63, 3.8) is 0 Å². The van der Waals surface area contributed by atoms with Crippen molar-refractivity contribution in [3.8, 4) is 11.3 Å². The van der Waals surface area contributed by atoms with Crippen LogP contribution >= 0.6 is 0 Å². The Hall–Kier alpha value is -2.95. The first kappa shape index (κ1) is 15.6. The summed E-state index contributed by atoms with van der Waals surface area (Å²) in [7, 11) is 0. The molecule has 0 aliphatic carbocycles. The summed E-state index contributed by atoms with van der Waals surface area (Å²) in [5.74, 6) is -0.409. The van der Waals surface area contributed by atoms with Crippen molar-refractivity contribution in [1.29, 1.82) is 0 Å². The summed E-state index contributed by atoms with van der Waals surface area (Å²) >= 11 is 0. The fraction of sp³-hybridized carbons (Fsp3) is 0.200. The van der Waals surface area contributed by atoms with E-state index in [9.17, 15) is 9.18 Å². The first-order chi connectivity index (χ1) is 12.2. The minimum absolute atomic E-state index is 0.0700. The molecule has 1 fully saturated rings. The van der Waals surface area contributed by atoms with Crippen molar-refractivity contribution in [2.24, 2.45) is 0 Å². The molecule has 1 N–H and O–H groups in total. The highest BCUT2D eigenvalue weighted by Crippen LogP contribution is 2.34. The lowest BCUT2D eigenvalue weighted by Gasteiger charge is -2.25. The molecule has 5 heteroatoms. The lowest BCUT2D eigenvalue weighted by atomic mass is 10.0. The first-order valence-electron chi connectivity index (χ1n) is 8.39. The van der Waals surface area contributed by atoms with Gasteiger partial charge in [0.15, 0.2) is 0 Å². The summed E-state index contributed by atoms with van der Waals surface area (Å²) in [6, 6.07) is 16.3. The van der Waals surface area contributed by atoms with Gasteiger partial charge in [-0.3, -0.25) is 9.89 Å². The predicted molar refractivity (Wildman–Crippen MR) is 93.4 cm³/mol. The van der Waals surface area contributed by atoms with Crippen LogP contribution in [0.3, 0.4) is 0 Å². The average molecular weight is 335 g/mol.